The summed E-state index contributed by atoms with van der Waals surface area (Å²) in [5, 5.41) is 3.54. The quantitative estimate of drug-likeness (QED) is 0.716. The minimum absolute atomic E-state index is 0.446. The van der Waals surface area contributed by atoms with Crippen LogP contribution in [-0.2, 0) is 0 Å². The molecule has 0 saturated heterocycles. The highest BCUT2D eigenvalue weighted by molar-refractivity contribution is 9.11. The first kappa shape index (κ1) is 15.5. The van der Waals surface area contributed by atoms with Crippen LogP contribution in [0.5, 0.6) is 0 Å². The summed E-state index contributed by atoms with van der Waals surface area (Å²) in [6.45, 7) is 4.80. The molecule has 1 saturated carbocycles. The molecule has 0 bridgehead atoms. The Kier molecular flexibility index (Phi) is 5.50. The van der Waals surface area contributed by atoms with Crippen molar-refractivity contribution >= 4 is 31.9 Å². The standard InChI is InChI=1S/C16H23Br2N/c1-10-4-5-12(8-11(10)2)16(19-3)14-9-13(17)6-7-15(14)18/h6-7,9-12,16,19H,4-5,8H2,1-3H3. The van der Waals surface area contributed by atoms with Gasteiger partial charge in [-0.15, -0.1) is 0 Å². The molecule has 0 radical (unpaired) electrons. The van der Waals surface area contributed by atoms with Gasteiger partial charge in [-0.3, -0.25) is 0 Å². The molecule has 0 aromatic heterocycles. The van der Waals surface area contributed by atoms with E-state index in [1.54, 1.807) is 0 Å². The monoisotopic (exact) mass is 387 g/mol. The Morgan fingerprint density at radius 1 is 1.16 bits per heavy atom. The van der Waals surface area contributed by atoms with Gasteiger partial charge < -0.3 is 5.32 Å². The molecular formula is C16H23Br2N. The molecule has 1 fully saturated rings. The lowest BCUT2D eigenvalue weighted by Crippen LogP contribution is -2.31. The lowest BCUT2D eigenvalue weighted by Gasteiger charge is -2.37. The third kappa shape index (κ3) is 3.62. The summed E-state index contributed by atoms with van der Waals surface area (Å²) in [7, 11) is 2.08. The number of nitrogens with one attached hydrogen (secondary N) is 1. The van der Waals surface area contributed by atoms with E-state index in [0.717, 1.165) is 22.2 Å². The molecule has 0 amide bonds. The van der Waals surface area contributed by atoms with Crippen LogP contribution in [0.25, 0.3) is 0 Å². The first-order valence-corrected chi connectivity index (χ1v) is 8.73. The van der Waals surface area contributed by atoms with Crippen LogP contribution < -0.4 is 5.32 Å². The van der Waals surface area contributed by atoms with Crippen molar-refractivity contribution in [2.75, 3.05) is 7.05 Å². The zero-order valence-corrected chi connectivity index (χ0v) is 15.1. The number of benzene rings is 1. The topological polar surface area (TPSA) is 12.0 Å². The van der Waals surface area contributed by atoms with E-state index < -0.39 is 0 Å². The molecule has 1 aromatic carbocycles. The molecule has 1 aliphatic carbocycles. The molecule has 0 heterocycles. The van der Waals surface area contributed by atoms with Gasteiger partial charge in [-0.25, -0.2) is 0 Å². The molecule has 1 N–H and O–H groups in total. The minimum Gasteiger partial charge on any atom is -0.313 e. The fourth-order valence-electron chi connectivity index (χ4n) is 3.29. The van der Waals surface area contributed by atoms with Gasteiger partial charge in [0, 0.05) is 15.0 Å². The van der Waals surface area contributed by atoms with Crippen molar-refractivity contribution in [3.63, 3.8) is 0 Å². The Hall–Kier alpha value is 0.140. The highest BCUT2D eigenvalue weighted by Crippen LogP contribution is 2.41. The summed E-state index contributed by atoms with van der Waals surface area (Å²) in [6, 6.07) is 6.92. The van der Waals surface area contributed by atoms with E-state index >= 15 is 0 Å². The molecule has 4 atom stereocenters. The van der Waals surface area contributed by atoms with Gasteiger partial charge in [0.15, 0.2) is 0 Å². The van der Waals surface area contributed by atoms with Crippen LogP contribution in [-0.4, -0.2) is 7.05 Å². The Balaban J connectivity index is 2.22. The number of halogens is 2. The molecule has 1 nitrogen and oxygen atoms in total. The first-order valence-electron chi connectivity index (χ1n) is 7.15. The molecule has 3 heteroatoms. The second-order valence-electron chi connectivity index (χ2n) is 5.96. The van der Waals surface area contributed by atoms with Crippen LogP contribution >= 0.6 is 31.9 Å². The predicted molar refractivity (Wildman–Crippen MR) is 89.3 cm³/mol. The van der Waals surface area contributed by atoms with Crippen molar-refractivity contribution in [1.82, 2.24) is 5.32 Å². The fraction of sp³-hybridized carbons (Fsp3) is 0.625. The minimum atomic E-state index is 0.446. The molecule has 4 unspecified atom stereocenters. The molecule has 19 heavy (non-hydrogen) atoms. The second kappa shape index (κ2) is 6.73. The number of rotatable bonds is 3. The maximum absolute atomic E-state index is 3.70. The van der Waals surface area contributed by atoms with E-state index in [2.05, 4.69) is 76.3 Å². The van der Waals surface area contributed by atoms with Crippen molar-refractivity contribution in [3.8, 4) is 0 Å². The normalized spacial score (nSPS) is 29.2. The summed E-state index contributed by atoms with van der Waals surface area (Å²) in [5.41, 5.74) is 1.38. The van der Waals surface area contributed by atoms with Gasteiger partial charge in [0.1, 0.15) is 0 Å². The van der Waals surface area contributed by atoms with Crippen molar-refractivity contribution in [2.45, 2.75) is 39.2 Å². The van der Waals surface area contributed by atoms with Crippen LogP contribution in [0.4, 0.5) is 0 Å². The molecule has 106 valence electrons. The van der Waals surface area contributed by atoms with Gasteiger partial charge in [-0.05, 0) is 61.4 Å². The Bertz CT molecular complexity index is 433. The largest absolute Gasteiger partial charge is 0.313 e. The third-order valence-electron chi connectivity index (χ3n) is 4.71. The summed E-state index contributed by atoms with van der Waals surface area (Å²) < 4.78 is 2.37. The van der Waals surface area contributed by atoms with Crippen LogP contribution in [0.15, 0.2) is 27.1 Å². The van der Waals surface area contributed by atoms with Crippen LogP contribution in [0.1, 0.15) is 44.7 Å². The highest BCUT2D eigenvalue weighted by Gasteiger charge is 2.31. The Morgan fingerprint density at radius 3 is 2.53 bits per heavy atom. The average Bonchev–Trinajstić information content (AvgIpc) is 2.38. The smallest absolute Gasteiger partial charge is 0.0357 e. The van der Waals surface area contributed by atoms with Gasteiger partial charge in [-0.2, -0.15) is 0 Å². The fourth-order valence-corrected chi connectivity index (χ4v) is 4.16. The Labute approximate surface area is 133 Å². The van der Waals surface area contributed by atoms with Crippen LogP contribution in [0.3, 0.4) is 0 Å². The molecule has 1 aromatic rings. The second-order valence-corrected chi connectivity index (χ2v) is 7.73. The summed E-state index contributed by atoms with van der Waals surface area (Å²) in [4.78, 5) is 0. The summed E-state index contributed by atoms with van der Waals surface area (Å²) in [6.07, 6.45) is 4.01. The van der Waals surface area contributed by atoms with Crippen LogP contribution in [0.2, 0.25) is 0 Å². The number of hydrogen-bond acceptors (Lipinski definition) is 1. The van der Waals surface area contributed by atoms with E-state index in [4.69, 9.17) is 0 Å². The van der Waals surface area contributed by atoms with Crippen molar-refractivity contribution in [3.05, 3.63) is 32.7 Å². The van der Waals surface area contributed by atoms with E-state index in [-0.39, 0.29) is 0 Å². The van der Waals surface area contributed by atoms with E-state index in [1.807, 2.05) is 0 Å². The summed E-state index contributed by atoms with van der Waals surface area (Å²) in [5.74, 6) is 2.45. The lowest BCUT2D eigenvalue weighted by atomic mass is 9.72. The first-order chi connectivity index (χ1) is 9.02. The Morgan fingerprint density at radius 2 is 1.89 bits per heavy atom. The molecule has 2 rings (SSSR count). The van der Waals surface area contributed by atoms with E-state index in [1.165, 1.54) is 29.3 Å². The molecular weight excluding hydrogens is 366 g/mol. The highest BCUT2D eigenvalue weighted by atomic mass is 79.9. The number of hydrogen-bond donors (Lipinski definition) is 1. The predicted octanol–water partition coefficient (Wildman–Crippen LogP) is 5.54. The third-order valence-corrected chi connectivity index (χ3v) is 5.93. The zero-order valence-electron chi connectivity index (χ0n) is 11.9. The van der Waals surface area contributed by atoms with Gasteiger partial charge in [0.05, 0.1) is 0 Å². The lowest BCUT2D eigenvalue weighted by molar-refractivity contribution is 0.174. The van der Waals surface area contributed by atoms with Crippen molar-refractivity contribution < 1.29 is 0 Å². The summed E-state index contributed by atoms with van der Waals surface area (Å²) >= 11 is 7.30. The van der Waals surface area contributed by atoms with Crippen molar-refractivity contribution in [2.24, 2.45) is 17.8 Å². The maximum atomic E-state index is 3.70. The average molecular weight is 389 g/mol. The van der Waals surface area contributed by atoms with Crippen molar-refractivity contribution in [1.29, 1.82) is 0 Å². The maximum Gasteiger partial charge on any atom is 0.0357 e. The molecule has 0 aliphatic heterocycles. The van der Waals surface area contributed by atoms with Gasteiger partial charge >= 0.3 is 0 Å². The van der Waals surface area contributed by atoms with Crippen LogP contribution in [0, 0.1) is 17.8 Å². The van der Waals surface area contributed by atoms with E-state index in [9.17, 15) is 0 Å². The van der Waals surface area contributed by atoms with Gasteiger partial charge in [0.2, 0.25) is 0 Å². The van der Waals surface area contributed by atoms with Gasteiger partial charge in [0.25, 0.3) is 0 Å². The van der Waals surface area contributed by atoms with Gasteiger partial charge in [-0.1, -0.05) is 52.1 Å². The molecule has 1 aliphatic rings. The SMILES string of the molecule is CNC(c1cc(Br)ccc1Br)C1CCC(C)C(C)C1. The molecule has 0 spiro atoms. The zero-order chi connectivity index (χ0) is 14.0. The van der Waals surface area contributed by atoms with E-state index in [0.29, 0.717) is 6.04 Å².